The maximum Gasteiger partial charge on any atom is 0.392 e. The standard InChI is InChI=1S/C11H14F3NO/c1-8(15)9-4-2-3-5-10(9)16-7-6-11(12,13)14/h2-5,8H,6-7,15H2,1H3/t8-/m0/s1. The summed E-state index contributed by atoms with van der Waals surface area (Å²) in [4.78, 5) is 0. The van der Waals surface area contributed by atoms with Crippen molar-refractivity contribution in [3.05, 3.63) is 29.8 Å². The van der Waals surface area contributed by atoms with Crippen LogP contribution in [0.2, 0.25) is 0 Å². The lowest BCUT2D eigenvalue weighted by atomic mass is 10.1. The van der Waals surface area contributed by atoms with Gasteiger partial charge >= 0.3 is 6.18 Å². The molecule has 16 heavy (non-hydrogen) atoms. The Balaban J connectivity index is 2.60. The van der Waals surface area contributed by atoms with Gasteiger partial charge in [0.25, 0.3) is 0 Å². The van der Waals surface area contributed by atoms with Crippen LogP contribution in [0.5, 0.6) is 5.75 Å². The van der Waals surface area contributed by atoms with Crippen LogP contribution in [0.15, 0.2) is 24.3 Å². The van der Waals surface area contributed by atoms with Gasteiger partial charge in [0.15, 0.2) is 0 Å². The van der Waals surface area contributed by atoms with Crippen molar-refractivity contribution in [2.75, 3.05) is 6.61 Å². The molecule has 0 fully saturated rings. The number of alkyl halides is 3. The maximum absolute atomic E-state index is 11.9. The first-order valence-electron chi connectivity index (χ1n) is 4.94. The topological polar surface area (TPSA) is 35.2 Å². The van der Waals surface area contributed by atoms with Gasteiger partial charge in [0.2, 0.25) is 0 Å². The van der Waals surface area contributed by atoms with Crippen molar-refractivity contribution in [3.8, 4) is 5.75 Å². The smallest absolute Gasteiger partial charge is 0.392 e. The molecule has 0 radical (unpaired) electrons. The van der Waals surface area contributed by atoms with Crippen molar-refractivity contribution in [1.82, 2.24) is 0 Å². The third-order valence-corrected chi connectivity index (χ3v) is 2.05. The average molecular weight is 233 g/mol. The summed E-state index contributed by atoms with van der Waals surface area (Å²) in [6.45, 7) is 1.37. The van der Waals surface area contributed by atoms with Crippen molar-refractivity contribution in [2.45, 2.75) is 25.6 Å². The van der Waals surface area contributed by atoms with E-state index in [1.54, 1.807) is 31.2 Å². The second-order valence-electron chi connectivity index (χ2n) is 3.54. The molecule has 1 aromatic rings. The summed E-state index contributed by atoms with van der Waals surface area (Å²) in [5.74, 6) is 0.418. The predicted molar refractivity (Wildman–Crippen MR) is 55.2 cm³/mol. The van der Waals surface area contributed by atoms with Gasteiger partial charge in [0.05, 0.1) is 13.0 Å². The SMILES string of the molecule is C[C@H](N)c1ccccc1OCCC(F)(F)F. The van der Waals surface area contributed by atoms with Crippen LogP contribution in [0.25, 0.3) is 0 Å². The fraction of sp³-hybridized carbons (Fsp3) is 0.455. The van der Waals surface area contributed by atoms with Crippen LogP contribution in [-0.4, -0.2) is 12.8 Å². The van der Waals surface area contributed by atoms with E-state index >= 15 is 0 Å². The molecule has 1 aromatic carbocycles. The monoisotopic (exact) mass is 233 g/mol. The van der Waals surface area contributed by atoms with Gasteiger partial charge in [0, 0.05) is 11.6 Å². The van der Waals surface area contributed by atoms with E-state index < -0.39 is 12.6 Å². The van der Waals surface area contributed by atoms with E-state index in [9.17, 15) is 13.2 Å². The summed E-state index contributed by atoms with van der Waals surface area (Å²) in [6, 6.07) is 6.58. The van der Waals surface area contributed by atoms with E-state index in [-0.39, 0.29) is 12.6 Å². The zero-order valence-electron chi connectivity index (χ0n) is 8.92. The molecule has 90 valence electrons. The molecular weight excluding hydrogens is 219 g/mol. The molecule has 0 aliphatic heterocycles. The summed E-state index contributed by atoms with van der Waals surface area (Å²) >= 11 is 0. The van der Waals surface area contributed by atoms with Crippen LogP contribution in [0.1, 0.15) is 24.9 Å². The molecule has 2 N–H and O–H groups in total. The summed E-state index contributed by atoms with van der Waals surface area (Å²) < 4.78 is 40.8. The average Bonchev–Trinajstić information content (AvgIpc) is 2.16. The molecule has 2 nitrogen and oxygen atoms in total. The first-order chi connectivity index (χ1) is 7.40. The summed E-state index contributed by atoms with van der Waals surface area (Å²) in [7, 11) is 0. The minimum atomic E-state index is -4.19. The van der Waals surface area contributed by atoms with Gasteiger partial charge in [0.1, 0.15) is 5.75 Å². The Morgan fingerprint density at radius 2 is 1.94 bits per heavy atom. The van der Waals surface area contributed by atoms with Crippen molar-refractivity contribution in [2.24, 2.45) is 5.73 Å². The van der Waals surface area contributed by atoms with Crippen LogP contribution in [0.4, 0.5) is 13.2 Å². The molecule has 0 saturated heterocycles. The number of nitrogens with two attached hydrogens (primary N) is 1. The maximum atomic E-state index is 11.9. The lowest BCUT2D eigenvalue weighted by Gasteiger charge is -2.14. The van der Waals surface area contributed by atoms with Crippen LogP contribution in [0.3, 0.4) is 0 Å². The molecule has 5 heteroatoms. The molecule has 1 atom stereocenters. The highest BCUT2D eigenvalue weighted by molar-refractivity contribution is 5.35. The molecule has 0 unspecified atom stereocenters. The fourth-order valence-corrected chi connectivity index (χ4v) is 1.26. The van der Waals surface area contributed by atoms with Crippen molar-refractivity contribution in [3.63, 3.8) is 0 Å². The Labute approximate surface area is 92.2 Å². The number of para-hydroxylation sites is 1. The Morgan fingerprint density at radius 3 is 2.50 bits per heavy atom. The van der Waals surface area contributed by atoms with Gasteiger partial charge in [-0.3, -0.25) is 0 Å². The molecule has 0 bridgehead atoms. The fourth-order valence-electron chi connectivity index (χ4n) is 1.26. The second kappa shape index (κ2) is 5.21. The molecule has 0 aromatic heterocycles. The zero-order chi connectivity index (χ0) is 12.2. The van der Waals surface area contributed by atoms with Gasteiger partial charge in [-0.1, -0.05) is 18.2 Å². The lowest BCUT2D eigenvalue weighted by Crippen LogP contribution is -2.14. The Morgan fingerprint density at radius 1 is 1.31 bits per heavy atom. The first kappa shape index (κ1) is 12.8. The number of rotatable bonds is 4. The lowest BCUT2D eigenvalue weighted by molar-refractivity contribution is -0.139. The Bertz CT molecular complexity index is 336. The normalized spacial score (nSPS) is 13.6. The molecule has 0 amide bonds. The van der Waals surface area contributed by atoms with Gasteiger partial charge < -0.3 is 10.5 Å². The zero-order valence-corrected chi connectivity index (χ0v) is 8.92. The molecule has 0 aliphatic rings. The molecular formula is C11H14F3NO. The number of hydrogen-bond acceptors (Lipinski definition) is 2. The molecule has 0 aliphatic carbocycles. The summed E-state index contributed by atoms with van der Waals surface area (Å²) in [5.41, 5.74) is 6.38. The third-order valence-electron chi connectivity index (χ3n) is 2.05. The van der Waals surface area contributed by atoms with Gasteiger partial charge in [-0.15, -0.1) is 0 Å². The minimum absolute atomic E-state index is 0.262. The quantitative estimate of drug-likeness (QED) is 0.867. The third kappa shape index (κ3) is 4.10. The van der Waals surface area contributed by atoms with Crippen LogP contribution in [0, 0.1) is 0 Å². The predicted octanol–water partition coefficient (Wildman–Crippen LogP) is 3.04. The molecule has 0 saturated carbocycles. The molecule has 1 rings (SSSR count). The molecule has 0 spiro atoms. The van der Waals surface area contributed by atoms with Crippen molar-refractivity contribution < 1.29 is 17.9 Å². The summed E-state index contributed by atoms with van der Waals surface area (Å²) in [6.07, 6.45) is -5.15. The van der Waals surface area contributed by atoms with Crippen LogP contribution < -0.4 is 10.5 Å². The van der Waals surface area contributed by atoms with E-state index in [0.29, 0.717) is 11.3 Å². The number of hydrogen-bond donors (Lipinski definition) is 1. The molecule has 0 heterocycles. The number of benzene rings is 1. The Hall–Kier alpha value is -1.23. The highest BCUT2D eigenvalue weighted by Crippen LogP contribution is 2.25. The van der Waals surface area contributed by atoms with Gasteiger partial charge in [-0.25, -0.2) is 0 Å². The first-order valence-corrected chi connectivity index (χ1v) is 4.94. The number of halogens is 3. The van der Waals surface area contributed by atoms with E-state index in [1.807, 2.05) is 0 Å². The van der Waals surface area contributed by atoms with Crippen molar-refractivity contribution >= 4 is 0 Å². The van der Waals surface area contributed by atoms with Crippen LogP contribution >= 0.6 is 0 Å². The second-order valence-corrected chi connectivity index (χ2v) is 3.54. The van der Waals surface area contributed by atoms with E-state index in [4.69, 9.17) is 10.5 Å². The van der Waals surface area contributed by atoms with Gasteiger partial charge in [-0.2, -0.15) is 13.2 Å². The number of ether oxygens (including phenoxy) is 1. The van der Waals surface area contributed by atoms with Crippen LogP contribution in [-0.2, 0) is 0 Å². The van der Waals surface area contributed by atoms with E-state index in [1.165, 1.54) is 0 Å². The Kier molecular flexibility index (Phi) is 4.18. The summed E-state index contributed by atoms with van der Waals surface area (Å²) in [5, 5.41) is 0. The van der Waals surface area contributed by atoms with Gasteiger partial charge in [-0.05, 0) is 13.0 Å². The minimum Gasteiger partial charge on any atom is -0.493 e. The van der Waals surface area contributed by atoms with E-state index in [2.05, 4.69) is 0 Å². The van der Waals surface area contributed by atoms with E-state index in [0.717, 1.165) is 0 Å². The largest absolute Gasteiger partial charge is 0.493 e. The highest BCUT2D eigenvalue weighted by Gasteiger charge is 2.27. The highest BCUT2D eigenvalue weighted by atomic mass is 19.4. The van der Waals surface area contributed by atoms with Crippen molar-refractivity contribution in [1.29, 1.82) is 0 Å².